The number of benzene rings is 2. The Bertz CT molecular complexity index is 668. The molecule has 2 aromatic rings. The number of hydrogen-bond acceptors (Lipinski definition) is 2. The van der Waals surface area contributed by atoms with Crippen molar-refractivity contribution in [2.75, 3.05) is 17.3 Å². The lowest BCUT2D eigenvalue weighted by Gasteiger charge is -2.15. The minimum Gasteiger partial charge on any atom is -0.322 e. The van der Waals surface area contributed by atoms with Crippen LogP contribution in [0.25, 0.3) is 0 Å². The highest BCUT2D eigenvalue weighted by molar-refractivity contribution is 9.10. The molecular formula is C16H15BrN2O2. The van der Waals surface area contributed by atoms with Crippen LogP contribution in [0.2, 0.25) is 0 Å². The van der Waals surface area contributed by atoms with E-state index in [4.69, 9.17) is 0 Å². The van der Waals surface area contributed by atoms with Crippen molar-refractivity contribution in [3.63, 3.8) is 0 Å². The van der Waals surface area contributed by atoms with E-state index in [2.05, 4.69) is 21.2 Å². The summed E-state index contributed by atoms with van der Waals surface area (Å²) in [5, 5.41) is 2.82. The molecule has 5 heteroatoms. The summed E-state index contributed by atoms with van der Waals surface area (Å²) in [6.45, 7) is 1.50. The third-order valence-corrected chi connectivity index (χ3v) is 3.56. The van der Waals surface area contributed by atoms with Crippen LogP contribution in [0.1, 0.15) is 17.3 Å². The molecule has 0 saturated heterocycles. The lowest BCUT2D eigenvalue weighted by atomic mass is 10.2. The molecular weight excluding hydrogens is 332 g/mol. The Balaban J connectivity index is 2.10. The Morgan fingerprint density at radius 1 is 1.10 bits per heavy atom. The first kappa shape index (κ1) is 15.3. The van der Waals surface area contributed by atoms with E-state index in [-0.39, 0.29) is 11.8 Å². The van der Waals surface area contributed by atoms with Crippen molar-refractivity contribution in [2.24, 2.45) is 0 Å². The van der Waals surface area contributed by atoms with Gasteiger partial charge in [0.1, 0.15) is 0 Å². The van der Waals surface area contributed by atoms with E-state index >= 15 is 0 Å². The summed E-state index contributed by atoms with van der Waals surface area (Å²) in [5.41, 5.74) is 2.04. The Kier molecular flexibility index (Phi) is 4.75. The lowest BCUT2D eigenvalue weighted by molar-refractivity contribution is -0.116. The van der Waals surface area contributed by atoms with Crippen LogP contribution in [-0.4, -0.2) is 18.9 Å². The van der Waals surface area contributed by atoms with Gasteiger partial charge in [-0.1, -0.05) is 22.0 Å². The van der Waals surface area contributed by atoms with E-state index in [0.717, 1.165) is 10.2 Å². The molecule has 1 N–H and O–H groups in total. The second-order valence-electron chi connectivity index (χ2n) is 4.59. The fourth-order valence-corrected chi connectivity index (χ4v) is 2.18. The number of rotatable bonds is 3. The van der Waals surface area contributed by atoms with Crippen LogP contribution in [0.4, 0.5) is 11.4 Å². The highest BCUT2D eigenvalue weighted by Gasteiger charge is 2.08. The topological polar surface area (TPSA) is 49.4 Å². The van der Waals surface area contributed by atoms with Gasteiger partial charge < -0.3 is 10.2 Å². The molecule has 4 nitrogen and oxygen atoms in total. The first-order chi connectivity index (χ1) is 9.97. The molecule has 0 aromatic heterocycles. The maximum atomic E-state index is 12.1. The highest BCUT2D eigenvalue weighted by atomic mass is 79.9. The van der Waals surface area contributed by atoms with Crippen LogP contribution in [0.5, 0.6) is 0 Å². The average Bonchev–Trinajstić information content (AvgIpc) is 2.47. The van der Waals surface area contributed by atoms with Gasteiger partial charge in [-0.05, 0) is 42.5 Å². The summed E-state index contributed by atoms with van der Waals surface area (Å²) in [6, 6.07) is 14.3. The molecule has 21 heavy (non-hydrogen) atoms. The number of nitrogens with one attached hydrogen (secondary N) is 1. The molecule has 0 unspecified atom stereocenters. The van der Waals surface area contributed by atoms with E-state index in [9.17, 15) is 9.59 Å². The van der Waals surface area contributed by atoms with Gasteiger partial charge >= 0.3 is 0 Å². The summed E-state index contributed by atoms with van der Waals surface area (Å²) in [4.78, 5) is 24.9. The van der Waals surface area contributed by atoms with Crippen molar-refractivity contribution in [1.29, 1.82) is 0 Å². The van der Waals surface area contributed by atoms with Crippen molar-refractivity contribution < 1.29 is 9.59 Å². The van der Waals surface area contributed by atoms with Gasteiger partial charge in [-0.3, -0.25) is 9.59 Å². The predicted octanol–water partition coefficient (Wildman–Crippen LogP) is 3.68. The first-order valence-corrected chi connectivity index (χ1v) is 7.18. The quantitative estimate of drug-likeness (QED) is 0.921. The minimum absolute atomic E-state index is 0.0408. The molecule has 0 fully saturated rings. The monoisotopic (exact) mass is 346 g/mol. The Hall–Kier alpha value is -2.14. The van der Waals surface area contributed by atoms with Gasteiger partial charge in [0.2, 0.25) is 5.91 Å². The molecule has 0 radical (unpaired) electrons. The SMILES string of the molecule is CC(=O)N(C)c1ccc(NC(=O)c2cccc(Br)c2)cc1. The molecule has 0 atom stereocenters. The fourth-order valence-electron chi connectivity index (χ4n) is 1.78. The van der Waals surface area contributed by atoms with Gasteiger partial charge in [-0.2, -0.15) is 0 Å². The number of nitrogens with zero attached hydrogens (tertiary/aromatic N) is 1. The molecule has 0 saturated carbocycles. The third-order valence-electron chi connectivity index (χ3n) is 3.07. The molecule has 0 aliphatic heterocycles. The van der Waals surface area contributed by atoms with Crippen LogP contribution < -0.4 is 10.2 Å². The predicted molar refractivity (Wildman–Crippen MR) is 87.6 cm³/mol. The summed E-state index contributed by atoms with van der Waals surface area (Å²) >= 11 is 3.34. The third kappa shape index (κ3) is 3.92. The number of carbonyl (C=O) groups is 2. The van der Waals surface area contributed by atoms with E-state index in [1.54, 1.807) is 48.3 Å². The average molecular weight is 347 g/mol. The Labute approximate surface area is 131 Å². The van der Waals surface area contributed by atoms with E-state index < -0.39 is 0 Å². The first-order valence-electron chi connectivity index (χ1n) is 6.38. The van der Waals surface area contributed by atoms with Crippen LogP contribution in [0, 0.1) is 0 Å². The largest absolute Gasteiger partial charge is 0.322 e. The molecule has 0 spiro atoms. The molecule has 0 aliphatic rings. The van der Waals surface area contributed by atoms with Crippen molar-refractivity contribution in [3.05, 3.63) is 58.6 Å². The van der Waals surface area contributed by atoms with Gasteiger partial charge in [-0.15, -0.1) is 0 Å². The van der Waals surface area contributed by atoms with Gasteiger partial charge in [0.05, 0.1) is 0 Å². The number of amides is 2. The Morgan fingerprint density at radius 3 is 2.33 bits per heavy atom. The lowest BCUT2D eigenvalue weighted by Crippen LogP contribution is -2.22. The second-order valence-corrected chi connectivity index (χ2v) is 5.51. The van der Waals surface area contributed by atoms with E-state index in [0.29, 0.717) is 11.3 Å². The van der Waals surface area contributed by atoms with Crippen molar-refractivity contribution in [3.8, 4) is 0 Å². The molecule has 2 amide bonds. The maximum Gasteiger partial charge on any atom is 0.255 e. The summed E-state index contributed by atoms with van der Waals surface area (Å²) < 4.78 is 0.855. The molecule has 0 heterocycles. The van der Waals surface area contributed by atoms with Crippen LogP contribution >= 0.6 is 15.9 Å². The zero-order valence-corrected chi connectivity index (χ0v) is 13.3. The van der Waals surface area contributed by atoms with E-state index in [1.807, 2.05) is 12.1 Å². The standard InChI is InChI=1S/C16H15BrN2O2/c1-11(20)19(2)15-8-6-14(7-9-15)18-16(21)12-4-3-5-13(17)10-12/h3-10H,1-2H3,(H,18,21). The van der Waals surface area contributed by atoms with Gasteiger partial charge in [-0.25, -0.2) is 0 Å². The van der Waals surface area contributed by atoms with Crippen molar-refractivity contribution in [1.82, 2.24) is 0 Å². The van der Waals surface area contributed by atoms with Gasteiger partial charge in [0.25, 0.3) is 5.91 Å². The van der Waals surface area contributed by atoms with Crippen LogP contribution in [-0.2, 0) is 4.79 Å². The maximum absolute atomic E-state index is 12.1. The highest BCUT2D eigenvalue weighted by Crippen LogP contribution is 2.18. The summed E-state index contributed by atoms with van der Waals surface area (Å²) in [5.74, 6) is -0.218. The molecule has 2 rings (SSSR count). The smallest absolute Gasteiger partial charge is 0.255 e. The molecule has 0 bridgehead atoms. The van der Waals surface area contributed by atoms with E-state index in [1.165, 1.54) is 6.92 Å². The fraction of sp³-hybridized carbons (Fsp3) is 0.125. The van der Waals surface area contributed by atoms with Crippen molar-refractivity contribution >= 4 is 39.1 Å². The molecule has 108 valence electrons. The molecule has 2 aromatic carbocycles. The Morgan fingerprint density at radius 2 is 1.76 bits per heavy atom. The minimum atomic E-state index is -0.177. The zero-order chi connectivity index (χ0) is 15.4. The van der Waals surface area contributed by atoms with Gasteiger partial charge in [0, 0.05) is 35.4 Å². The number of hydrogen-bond donors (Lipinski definition) is 1. The van der Waals surface area contributed by atoms with Gasteiger partial charge in [0.15, 0.2) is 0 Å². The normalized spacial score (nSPS) is 10.0. The summed E-state index contributed by atoms with van der Waals surface area (Å²) in [7, 11) is 1.71. The second kappa shape index (κ2) is 6.54. The number of anilines is 2. The number of halogens is 1. The zero-order valence-electron chi connectivity index (χ0n) is 11.8. The van der Waals surface area contributed by atoms with Crippen molar-refractivity contribution in [2.45, 2.75) is 6.92 Å². The summed E-state index contributed by atoms with van der Waals surface area (Å²) in [6.07, 6.45) is 0. The molecule has 0 aliphatic carbocycles. The number of carbonyl (C=O) groups excluding carboxylic acids is 2. The van der Waals surface area contributed by atoms with Crippen LogP contribution in [0.15, 0.2) is 53.0 Å². The van der Waals surface area contributed by atoms with Crippen LogP contribution in [0.3, 0.4) is 0 Å².